The third-order valence-corrected chi connectivity index (χ3v) is 4.11. The molecule has 0 bridgehead atoms. The zero-order chi connectivity index (χ0) is 20.6. The van der Waals surface area contributed by atoms with Crippen LogP contribution in [0.15, 0.2) is 42.5 Å². The molecule has 5 heteroatoms. The smallest absolute Gasteiger partial charge is 0.321 e. The summed E-state index contributed by atoms with van der Waals surface area (Å²) >= 11 is 0. The predicted molar refractivity (Wildman–Crippen MR) is 112 cm³/mol. The van der Waals surface area contributed by atoms with Crippen LogP contribution in [0.5, 0.6) is 0 Å². The van der Waals surface area contributed by atoms with E-state index in [1.54, 1.807) is 12.1 Å². The van der Waals surface area contributed by atoms with Crippen molar-refractivity contribution in [3.63, 3.8) is 0 Å². The topological polar surface area (TPSA) is 60.4 Å². The summed E-state index contributed by atoms with van der Waals surface area (Å²) in [5, 5.41) is 0. The van der Waals surface area contributed by atoms with E-state index < -0.39 is 11.9 Å². The minimum Gasteiger partial charge on any atom is -0.465 e. The molecule has 0 saturated carbocycles. The Bertz CT molecular complexity index is 761. The molecule has 0 heterocycles. The molecule has 27 heavy (non-hydrogen) atoms. The molecule has 2 atom stereocenters. The summed E-state index contributed by atoms with van der Waals surface area (Å²) < 4.78 is 13.7. The van der Waals surface area contributed by atoms with Crippen molar-refractivity contribution < 1.29 is 18.9 Å². The summed E-state index contributed by atoms with van der Waals surface area (Å²) in [5.74, 6) is -1.39. The zero-order valence-corrected chi connectivity index (χ0v) is 18.2. The highest BCUT2D eigenvalue weighted by Gasteiger charge is 2.32. The molecule has 4 nitrogen and oxygen atoms in total. The van der Waals surface area contributed by atoms with Crippen LogP contribution < -0.4 is 0 Å². The van der Waals surface area contributed by atoms with Crippen LogP contribution in [0.3, 0.4) is 0 Å². The van der Waals surface area contributed by atoms with E-state index in [9.17, 15) is 9.59 Å². The van der Waals surface area contributed by atoms with Gasteiger partial charge >= 0.3 is 5.97 Å². The van der Waals surface area contributed by atoms with Gasteiger partial charge in [0.05, 0.1) is 15.7 Å². The van der Waals surface area contributed by atoms with E-state index in [2.05, 4.69) is 0 Å². The van der Waals surface area contributed by atoms with Gasteiger partial charge in [0.25, 0.3) is 0 Å². The lowest BCUT2D eigenvalue weighted by molar-refractivity contribution is -0.145. The van der Waals surface area contributed by atoms with Gasteiger partial charge < -0.3 is 9.30 Å². The van der Waals surface area contributed by atoms with Crippen LogP contribution in [-0.4, -0.2) is 18.4 Å². The molecule has 0 fully saturated rings. The molecule has 0 spiro atoms. The second kappa shape index (κ2) is 10.8. The Morgan fingerprint density at radius 2 is 1.48 bits per heavy atom. The molecule has 2 aromatic rings. The molecule has 0 amide bonds. The van der Waals surface area contributed by atoms with Crippen LogP contribution in [0, 0.1) is 26.7 Å². The van der Waals surface area contributed by atoms with Crippen LogP contribution >= 0.6 is 9.12 Å². The molecule has 146 valence electrons. The fourth-order valence-electron chi connectivity index (χ4n) is 3.09. The van der Waals surface area contributed by atoms with Crippen molar-refractivity contribution in [3.8, 4) is 0 Å². The average molecular weight is 388 g/mol. The first-order valence-electron chi connectivity index (χ1n) is 8.93. The number of benzene rings is 2. The summed E-state index contributed by atoms with van der Waals surface area (Å²) in [7, 11) is 0.611. The Labute approximate surface area is 163 Å². The normalized spacial score (nSPS) is 11.5. The van der Waals surface area contributed by atoms with E-state index >= 15 is 0 Å². The third-order valence-electron chi connectivity index (χ3n) is 4.11. The summed E-state index contributed by atoms with van der Waals surface area (Å²) in [5.41, 5.74) is 4.16. The van der Waals surface area contributed by atoms with E-state index in [4.69, 9.17) is 9.30 Å². The molecule has 2 unspecified atom stereocenters. The minimum atomic E-state index is -0.931. The largest absolute Gasteiger partial charge is 0.465 e. The molecule has 0 aliphatic rings. The third kappa shape index (κ3) is 6.18. The summed E-state index contributed by atoms with van der Waals surface area (Å²) in [6.45, 7) is 10.1. The molecular weight excluding hydrogens is 359 g/mol. The van der Waals surface area contributed by atoms with Crippen molar-refractivity contribution in [1.82, 2.24) is 0 Å². The van der Waals surface area contributed by atoms with E-state index in [1.165, 1.54) is 0 Å². The Morgan fingerprint density at radius 1 is 0.963 bits per heavy atom. The number of ether oxygens (including phenoxy) is 1. The van der Waals surface area contributed by atoms with Gasteiger partial charge in [-0.05, 0) is 43.4 Å². The van der Waals surface area contributed by atoms with Crippen LogP contribution in [0.4, 0.5) is 0 Å². The number of rotatable bonds is 6. The number of carbonyl (C=O) groups is 2. The maximum Gasteiger partial charge on any atom is 0.321 e. The Hall–Kier alpha value is -2.19. The molecular formula is C22H29O4P. The van der Waals surface area contributed by atoms with Gasteiger partial charge in [-0.2, -0.15) is 0 Å². The van der Waals surface area contributed by atoms with Crippen molar-refractivity contribution in [2.24, 2.45) is 5.92 Å². The second-order valence-corrected chi connectivity index (χ2v) is 7.01. The zero-order valence-electron chi connectivity index (χ0n) is 16.7. The fraction of sp³-hybridized carbons (Fsp3) is 0.364. The predicted octanol–water partition coefficient (Wildman–Crippen LogP) is 4.72. The average Bonchev–Trinajstić information content (AvgIpc) is 2.62. The maximum atomic E-state index is 13.3. The van der Waals surface area contributed by atoms with E-state index in [-0.39, 0.29) is 11.7 Å². The quantitative estimate of drug-likeness (QED) is 0.311. The highest BCUT2D eigenvalue weighted by atomic mass is 31.0. The van der Waals surface area contributed by atoms with Gasteiger partial charge in [-0.3, -0.25) is 9.59 Å². The summed E-state index contributed by atoms with van der Waals surface area (Å²) in [6, 6.07) is 13.1. The SMILES string of the molecule is Cc1cc(C)c(C(=O)C(C(=O)OCC(C)C)c2ccccc2)c(C)c1.O=[PH3]. The van der Waals surface area contributed by atoms with Crippen LogP contribution in [0.25, 0.3) is 0 Å². The highest BCUT2D eigenvalue weighted by Crippen LogP contribution is 2.27. The van der Waals surface area contributed by atoms with Crippen molar-refractivity contribution in [3.05, 3.63) is 70.3 Å². The Balaban J connectivity index is 0.00000176. The fourth-order valence-corrected chi connectivity index (χ4v) is 3.09. The lowest BCUT2D eigenvalue weighted by atomic mass is 9.86. The minimum absolute atomic E-state index is 0.199. The van der Waals surface area contributed by atoms with Gasteiger partial charge in [0.2, 0.25) is 0 Å². The first kappa shape index (κ1) is 22.9. The maximum absolute atomic E-state index is 13.3. The van der Waals surface area contributed by atoms with E-state index in [0.717, 1.165) is 16.7 Å². The molecule has 0 N–H and O–H groups in total. The molecule has 0 aromatic heterocycles. The second-order valence-electron chi connectivity index (χ2n) is 7.01. The number of carbonyl (C=O) groups excluding carboxylic acids is 2. The standard InChI is InChI=1S/C22H26O3.H3OP/c1-14(2)13-25-22(24)20(18-9-7-6-8-10-18)21(23)19-16(4)11-15(3)12-17(19)5;1-2/h6-12,14,20H,13H2,1-5H3;2H3. The molecule has 0 saturated heterocycles. The number of aryl methyl sites for hydroxylation is 3. The van der Waals surface area contributed by atoms with Crippen LogP contribution in [0.2, 0.25) is 0 Å². The van der Waals surface area contributed by atoms with Crippen molar-refractivity contribution in [1.29, 1.82) is 0 Å². The molecule has 2 aromatic carbocycles. The van der Waals surface area contributed by atoms with Gasteiger partial charge in [-0.15, -0.1) is 0 Å². The highest BCUT2D eigenvalue weighted by molar-refractivity contribution is 7.00. The van der Waals surface area contributed by atoms with Gasteiger partial charge in [0.15, 0.2) is 5.78 Å². The van der Waals surface area contributed by atoms with Crippen molar-refractivity contribution >= 4 is 20.9 Å². The van der Waals surface area contributed by atoms with Gasteiger partial charge in [0, 0.05) is 5.56 Å². The Kier molecular flexibility index (Phi) is 9.17. The number of ketones is 1. The number of Topliss-reactive ketones (excluding diaryl/α,β-unsaturated/α-hetero) is 1. The van der Waals surface area contributed by atoms with Crippen LogP contribution in [0.1, 0.15) is 52.4 Å². The van der Waals surface area contributed by atoms with E-state index in [0.29, 0.717) is 26.9 Å². The number of hydrogen-bond donors (Lipinski definition) is 0. The lowest BCUT2D eigenvalue weighted by Gasteiger charge is -2.19. The van der Waals surface area contributed by atoms with Gasteiger partial charge in [-0.25, -0.2) is 0 Å². The monoisotopic (exact) mass is 388 g/mol. The summed E-state index contributed by atoms with van der Waals surface area (Å²) in [6.07, 6.45) is 0. The molecule has 2 rings (SSSR count). The molecule has 0 aliphatic carbocycles. The van der Waals surface area contributed by atoms with Crippen molar-refractivity contribution in [2.45, 2.75) is 40.5 Å². The Morgan fingerprint density at radius 3 is 1.96 bits per heavy atom. The number of hydrogen-bond acceptors (Lipinski definition) is 4. The molecule has 0 radical (unpaired) electrons. The molecule has 0 aliphatic heterocycles. The summed E-state index contributed by atoms with van der Waals surface area (Å²) in [4.78, 5) is 26.0. The van der Waals surface area contributed by atoms with Crippen molar-refractivity contribution in [2.75, 3.05) is 6.61 Å². The van der Waals surface area contributed by atoms with Crippen LogP contribution in [-0.2, 0) is 14.1 Å². The van der Waals surface area contributed by atoms with Gasteiger partial charge in [0.1, 0.15) is 5.92 Å². The van der Waals surface area contributed by atoms with E-state index in [1.807, 2.05) is 65.0 Å². The first-order chi connectivity index (χ1) is 12.8. The lowest BCUT2D eigenvalue weighted by Crippen LogP contribution is -2.26. The first-order valence-corrected chi connectivity index (χ1v) is 9.51. The number of esters is 1. The van der Waals surface area contributed by atoms with Gasteiger partial charge in [-0.1, -0.05) is 61.9 Å².